The first-order chi connectivity index (χ1) is 7.03. The number of rotatable bonds is 4. The van der Waals surface area contributed by atoms with Gasteiger partial charge in [-0.15, -0.1) is 0 Å². The largest absolute Gasteiger partial charge is 0.351 e. The average Bonchev–Trinajstić information content (AvgIpc) is 2.18. The minimum absolute atomic E-state index is 0.0172. The Morgan fingerprint density at radius 3 is 2.80 bits per heavy atom. The first-order valence-electron chi connectivity index (χ1n) is 5.24. The number of amides is 1. The molecule has 0 unspecified atom stereocenters. The lowest BCUT2D eigenvalue weighted by molar-refractivity contribution is -0.119. The summed E-state index contributed by atoms with van der Waals surface area (Å²) in [4.78, 5) is 11.4. The highest BCUT2D eigenvalue weighted by molar-refractivity contribution is 7.92. The van der Waals surface area contributed by atoms with Crippen molar-refractivity contribution < 1.29 is 13.2 Å². The number of carbonyl (C=O) groups is 1. The van der Waals surface area contributed by atoms with E-state index in [0.29, 0.717) is 0 Å². The second-order valence-electron chi connectivity index (χ2n) is 3.79. The maximum absolute atomic E-state index is 11.4. The molecule has 1 aliphatic heterocycles. The zero-order valence-corrected chi connectivity index (χ0v) is 9.77. The molecule has 15 heavy (non-hydrogen) atoms. The Balaban J connectivity index is 2.35. The number of sulfone groups is 1. The third kappa shape index (κ3) is 4.61. The fraction of sp³-hybridized carbons (Fsp3) is 0.889. The van der Waals surface area contributed by atoms with Gasteiger partial charge in [-0.1, -0.05) is 6.92 Å². The van der Waals surface area contributed by atoms with Crippen LogP contribution in [0.3, 0.4) is 0 Å². The van der Waals surface area contributed by atoms with Gasteiger partial charge in [0.1, 0.15) is 5.75 Å². The molecular formula is C9H18N2O3S. The van der Waals surface area contributed by atoms with E-state index in [1.807, 2.05) is 0 Å². The summed E-state index contributed by atoms with van der Waals surface area (Å²) in [6.07, 6.45) is 1.94. The third-order valence-electron chi connectivity index (χ3n) is 2.45. The molecule has 0 aromatic heterocycles. The molecule has 1 aliphatic rings. The predicted molar refractivity (Wildman–Crippen MR) is 58.4 cm³/mol. The van der Waals surface area contributed by atoms with Crippen LogP contribution in [0.15, 0.2) is 0 Å². The number of hydrogen-bond acceptors (Lipinski definition) is 4. The van der Waals surface area contributed by atoms with E-state index >= 15 is 0 Å². The summed E-state index contributed by atoms with van der Waals surface area (Å²) in [7, 11) is -3.20. The van der Waals surface area contributed by atoms with Crippen molar-refractivity contribution in [1.82, 2.24) is 10.6 Å². The highest BCUT2D eigenvalue weighted by atomic mass is 32.2. The smallest absolute Gasteiger partial charge is 0.235 e. The van der Waals surface area contributed by atoms with E-state index in [9.17, 15) is 13.2 Å². The van der Waals surface area contributed by atoms with Crippen LogP contribution in [-0.2, 0) is 14.6 Å². The average molecular weight is 234 g/mol. The Bertz CT molecular complexity index is 307. The van der Waals surface area contributed by atoms with Crippen LogP contribution < -0.4 is 10.6 Å². The van der Waals surface area contributed by atoms with E-state index in [1.54, 1.807) is 6.92 Å². The SMILES string of the molecule is CCS(=O)(=O)CC(=O)N[C@@H]1CCCNC1. The molecule has 5 nitrogen and oxygen atoms in total. The minimum Gasteiger partial charge on any atom is -0.351 e. The number of carbonyl (C=O) groups excluding carboxylic acids is 1. The highest BCUT2D eigenvalue weighted by Crippen LogP contribution is 2.01. The molecule has 2 N–H and O–H groups in total. The van der Waals surface area contributed by atoms with Gasteiger partial charge in [-0.3, -0.25) is 4.79 Å². The molecule has 0 spiro atoms. The summed E-state index contributed by atoms with van der Waals surface area (Å²) >= 11 is 0. The predicted octanol–water partition coefficient (Wildman–Crippen LogP) is -0.711. The van der Waals surface area contributed by atoms with Gasteiger partial charge in [-0.25, -0.2) is 8.42 Å². The van der Waals surface area contributed by atoms with Crippen LogP contribution >= 0.6 is 0 Å². The van der Waals surface area contributed by atoms with Gasteiger partial charge in [-0.2, -0.15) is 0 Å². The van der Waals surface area contributed by atoms with E-state index in [-0.39, 0.29) is 23.5 Å². The van der Waals surface area contributed by atoms with Gasteiger partial charge in [0.05, 0.1) is 0 Å². The topological polar surface area (TPSA) is 75.3 Å². The van der Waals surface area contributed by atoms with Crippen molar-refractivity contribution >= 4 is 15.7 Å². The van der Waals surface area contributed by atoms with Gasteiger partial charge >= 0.3 is 0 Å². The van der Waals surface area contributed by atoms with E-state index in [4.69, 9.17) is 0 Å². The van der Waals surface area contributed by atoms with Crippen molar-refractivity contribution in [3.63, 3.8) is 0 Å². The molecule has 1 heterocycles. The van der Waals surface area contributed by atoms with Crippen LogP contribution in [0.4, 0.5) is 0 Å². The van der Waals surface area contributed by atoms with E-state index in [2.05, 4.69) is 10.6 Å². The molecule has 1 amide bonds. The second-order valence-corrected chi connectivity index (χ2v) is 6.14. The molecule has 88 valence electrons. The number of piperidine rings is 1. The Morgan fingerprint density at radius 1 is 1.53 bits per heavy atom. The monoisotopic (exact) mass is 234 g/mol. The zero-order chi connectivity index (χ0) is 11.3. The standard InChI is InChI=1S/C9H18N2O3S/c1-2-15(13,14)7-9(12)11-8-4-3-5-10-6-8/h8,10H,2-7H2,1H3,(H,11,12)/t8-/m1/s1. The molecule has 0 radical (unpaired) electrons. The fourth-order valence-corrected chi connectivity index (χ4v) is 2.23. The summed E-state index contributed by atoms with van der Waals surface area (Å²) in [5.74, 6) is -0.755. The van der Waals surface area contributed by atoms with E-state index in [1.165, 1.54) is 0 Å². The van der Waals surface area contributed by atoms with Gasteiger partial charge in [-0.05, 0) is 19.4 Å². The third-order valence-corrected chi connectivity index (χ3v) is 4.03. The second kappa shape index (κ2) is 5.46. The molecular weight excluding hydrogens is 216 g/mol. The molecule has 1 saturated heterocycles. The van der Waals surface area contributed by atoms with Crippen molar-refractivity contribution in [3.05, 3.63) is 0 Å². The Kier molecular flexibility index (Phi) is 4.53. The van der Waals surface area contributed by atoms with Gasteiger partial charge in [0.2, 0.25) is 5.91 Å². The minimum atomic E-state index is -3.20. The summed E-state index contributed by atoms with van der Waals surface area (Å²) in [6, 6.07) is 0.0818. The van der Waals surface area contributed by atoms with E-state index in [0.717, 1.165) is 25.9 Å². The van der Waals surface area contributed by atoms with Gasteiger partial charge in [0.15, 0.2) is 9.84 Å². The normalized spacial score (nSPS) is 22.3. The van der Waals surface area contributed by atoms with Crippen molar-refractivity contribution in [1.29, 1.82) is 0 Å². The van der Waals surface area contributed by atoms with Crippen LogP contribution in [0.2, 0.25) is 0 Å². The molecule has 0 aromatic carbocycles. The summed E-state index contributed by atoms with van der Waals surface area (Å²) in [6.45, 7) is 3.25. The first kappa shape index (κ1) is 12.4. The Hall–Kier alpha value is -0.620. The lowest BCUT2D eigenvalue weighted by Crippen LogP contribution is -2.47. The molecule has 1 atom stereocenters. The zero-order valence-electron chi connectivity index (χ0n) is 8.95. The first-order valence-corrected chi connectivity index (χ1v) is 7.06. The van der Waals surface area contributed by atoms with Gasteiger partial charge in [0, 0.05) is 18.3 Å². The summed E-state index contributed by atoms with van der Waals surface area (Å²) in [5.41, 5.74) is 0. The molecule has 1 rings (SSSR count). The number of nitrogens with one attached hydrogen (secondary N) is 2. The lowest BCUT2D eigenvalue weighted by atomic mass is 10.1. The Labute approximate surface area is 90.5 Å². The lowest BCUT2D eigenvalue weighted by Gasteiger charge is -2.23. The molecule has 0 saturated carbocycles. The van der Waals surface area contributed by atoms with Crippen LogP contribution in [-0.4, -0.2) is 45.0 Å². The maximum Gasteiger partial charge on any atom is 0.235 e. The maximum atomic E-state index is 11.4. The quantitative estimate of drug-likeness (QED) is 0.674. The molecule has 0 aromatic rings. The van der Waals surface area contributed by atoms with Crippen LogP contribution in [0.5, 0.6) is 0 Å². The van der Waals surface area contributed by atoms with Crippen molar-refractivity contribution in [2.45, 2.75) is 25.8 Å². The molecule has 0 aliphatic carbocycles. The van der Waals surface area contributed by atoms with Gasteiger partial charge < -0.3 is 10.6 Å². The van der Waals surface area contributed by atoms with Crippen molar-refractivity contribution in [3.8, 4) is 0 Å². The van der Waals surface area contributed by atoms with Crippen LogP contribution in [0.25, 0.3) is 0 Å². The summed E-state index contributed by atoms with van der Waals surface area (Å²) in [5, 5.41) is 5.88. The van der Waals surface area contributed by atoms with Crippen LogP contribution in [0.1, 0.15) is 19.8 Å². The van der Waals surface area contributed by atoms with Crippen molar-refractivity contribution in [2.75, 3.05) is 24.6 Å². The van der Waals surface area contributed by atoms with Crippen LogP contribution in [0, 0.1) is 0 Å². The molecule has 1 fully saturated rings. The fourth-order valence-electron chi connectivity index (χ4n) is 1.55. The van der Waals surface area contributed by atoms with Gasteiger partial charge in [0.25, 0.3) is 0 Å². The molecule has 0 bridgehead atoms. The highest BCUT2D eigenvalue weighted by Gasteiger charge is 2.19. The number of hydrogen-bond donors (Lipinski definition) is 2. The molecule has 6 heteroatoms. The van der Waals surface area contributed by atoms with Crippen molar-refractivity contribution in [2.24, 2.45) is 0 Å². The summed E-state index contributed by atoms with van der Waals surface area (Å²) < 4.78 is 22.3. The van der Waals surface area contributed by atoms with E-state index < -0.39 is 9.84 Å². The Morgan fingerprint density at radius 2 is 2.27 bits per heavy atom.